The van der Waals surface area contributed by atoms with Gasteiger partial charge in [0.25, 0.3) is 0 Å². The van der Waals surface area contributed by atoms with Gasteiger partial charge < -0.3 is 10.8 Å². The molecule has 0 saturated heterocycles. The Morgan fingerprint density at radius 3 is 2.39 bits per heavy atom. The van der Waals surface area contributed by atoms with Gasteiger partial charge in [0.2, 0.25) is 0 Å². The maximum absolute atomic E-state index is 13.2. The molecule has 0 amide bonds. The number of halogens is 1. The Morgan fingerprint density at radius 2 is 1.79 bits per heavy atom. The van der Waals surface area contributed by atoms with E-state index in [9.17, 15) is 20.0 Å². The third kappa shape index (κ3) is 3.62. The Labute approximate surface area is 162 Å². The minimum absolute atomic E-state index is 0.0156. The van der Waals surface area contributed by atoms with Gasteiger partial charge in [-0.15, -0.1) is 0 Å². The van der Waals surface area contributed by atoms with Gasteiger partial charge in [-0.1, -0.05) is 31.2 Å². The van der Waals surface area contributed by atoms with E-state index in [0.717, 1.165) is 5.56 Å². The summed E-state index contributed by atoms with van der Waals surface area (Å²) in [5.74, 6) is -0.326. The van der Waals surface area contributed by atoms with Gasteiger partial charge in [0.1, 0.15) is 35.1 Å². The van der Waals surface area contributed by atoms with Crippen LogP contribution in [-0.2, 0) is 6.42 Å². The summed E-state index contributed by atoms with van der Waals surface area (Å²) >= 11 is 0. The monoisotopic (exact) mass is 372 g/mol. The Morgan fingerprint density at radius 1 is 1.11 bits per heavy atom. The van der Waals surface area contributed by atoms with Crippen molar-refractivity contribution in [3.8, 4) is 29.0 Å². The Hall–Kier alpha value is -3.90. The third-order valence-corrected chi connectivity index (χ3v) is 4.60. The van der Waals surface area contributed by atoms with E-state index in [4.69, 9.17) is 5.73 Å². The number of hydrogen-bond donors (Lipinski definition) is 2. The van der Waals surface area contributed by atoms with Gasteiger partial charge in [0.15, 0.2) is 0 Å². The van der Waals surface area contributed by atoms with Crippen LogP contribution in [0.5, 0.6) is 5.75 Å². The van der Waals surface area contributed by atoms with Crippen molar-refractivity contribution in [2.75, 3.05) is 5.73 Å². The summed E-state index contributed by atoms with van der Waals surface area (Å²) in [5.41, 5.74) is 8.57. The topological polar surface area (TPSA) is 107 Å². The van der Waals surface area contributed by atoms with Crippen molar-refractivity contribution in [1.29, 1.82) is 10.5 Å². The molecule has 1 atom stereocenters. The number of benzene rings is 2. The van der Waals surface area contributed by atoms with Crippen LogP contribution in [0.2, 0.25) is 0 Å². The van der Waals surface area contributed by atoms with Crippen molar-refractivity contribution in [2.24, 2.45) is 0 Å². The largest absolute Gasteiger partial charge is 0.508 e. The van der Waals surface area contributed by atoms with Crippen LogP contribution in [0.15, 0.2) is 48.5 Å². The Kier molecular flexibility index (Phi) is 5.24. The zero-order chi connectivity index (χ0) is 20.3. The van der Waals surface area contributed by atoms with Crippen molar-refractivity contribution in [3.05, 3.63) is 76.7 Å². The Balaban J connectivity index is 2.14. The molecule has 0 saturated carbocycles. The van der Waals surface area contributed by atoms with E-state index < -0.39 is 0 Å². The number of rotatable bonds is 4. The van der Waals surface area contributed by atoms with Crippen LogP contribution in [0.4, 0.5) is 10.2 Å². The number of nitrogen functional groups attached to an aromatic ring is 1. The predicted molar refractivity (Wildman–Crippen MR) is 104 cm³/mol. The highest BCUT2D eigenvalue weighted by atomic mass is 19.1. The fourth-order valence-electron chi connectivity index (χ4n) is 3.19. The highest BCUT2D eigenvalue weighted by molar-refractivity contribution is 5.81. The van der Waals surface area contributed by atoms with Crippen molar-refractivity contribution >= 4 is 5.82 Å². The zero-order valence-electron chi connectivity index (χ0n) is 15.1. The normalized spacial score (nSPS) is 11.4. The lowest BCUT2D eigenvalue weighted by Crippen LogP contribution is -2.09. The molecule has 0 aliphatic carbocycles. The predicted octanol–water partition coefficient (Wildman–Crippen LogP) is 4.27. The molecular formula is C22H17FN4O. The van der Waals surface area contributed by atoms with E-state index in [2.05, 4.69) is 11.1 Å². The number of nitriles is 2. The maximum atomic E-state index is 13.2. The lowest BCUT2D eigenvalue weighted by Gasteiger charge is -2.16. The summed E-state index contributed by atoms with van der Waals surface area (Å²) in [6, 6.07) is 16.6. The van der Waals surface area contributed by atoms with Gasteiger partial charge in [-0.05, 0) is 47.7 Å². The number of aromatic hydroxyl groups is 1. The number of nitrogens with zero attached hydrogens (tertiary/aromatic N) is 3. The summed E-state index contributed by atoms with van der Waals surface area (Å²) in [5, 5.41) is 29.2. The molecule has 0 aliphatic rings. The highest BCUT2D eigenvalue weighted by Gasteiger charge is 2.22. The molecule has 0 aliphatic heterocycles. The molecule has 0 bridgehead atoms. The molecule has 1 aromatic heterocycles. The van der Waals surface area contributed by atoms with Crippen LogP contribution in [0.25, 0.3) is 11.1 Å². The fraction of sp³-hybridized carbons (Fsp3) is 0.136. The van der Waals surface area contributed by atoms with Crippen LogP contribution < -0.4 is 5.73 Å². The molecule has 0 fully saturated rings. The lowest BCUT2D eigenvalue weighted by atomic mass is 9.89. The molecule has 5 nitrogen and oxygen atoms in total. The van der Waals surface area contributed by atoms with E-state index in [1.54, 1.807) is 24.3 Å². The first kappa shape index (κ1) is 18.9. The summed E-state index contributed by atoms with van der Waals surface area (Å²) < 4.78 is 13.2. The summed E-state index contributed by atoms with van der Waals surface area (Å²) in [4.78, 5) is 4.30. The van der Waals surface area contributed by atoms with E-state index in [-0.39, 0.29) is 34.4 Å². The smallest absolute Gasteiger partial charge is 0.142 e. The SMILES string of the molecule is CC(Cc1nc(N)c(C#N)c(-c2cccc(O)c2)c1C#N)c1ccc(F)cc1. The van der Waals surface area contributed by atoms with E-state index in [0.29, 0.717) is 23.2 Å². The second-order valence-electron chi connectivity index (χ2n) is 6.50. The van der Waals surface area contributed by atoms with Gasteiger partial charge in [0, 0.05) is 5.56 Å². The van der Waals surface area contributed by atoms with Crippen LogP contribution in [0, 0.1) is 28.5 Å². The summed E-state index contributed by atoms with van der Waals surface area (Å²) in [7, 11) is 0. The molecule has 2 aromatic carbocycles. The van der Waals surface area contributed by atoms with E-state index in [1.165, 1.54) is 24.3 Å². The van der Waals surface area contributed by atoms with Gasteiger partial charge in [-0.3, -0.25) is 0 Å². The summed E-state index contributed by atoms with van der Waals surface area (Å²) in [6.45, 7) is 1.94. The van der Waals surface area contributed by atoms with Crippen molar-refractivity contribution in [2.45, 2.75) is 19.3 Å². The average Bonchev–Trinajstić information content (AvgIpc) is 2.68. The quantitative estimate of drug-likeness (QED) is 0.711. The number of aromatic nitrogens is 1. The molecule has 0 spiro atoms. The molecule has 3 rings (SSSR count). The molecule has 3 aromatic rings. The van der Waals surface area contributed by atoms with E-state index in [1.807, 2.05) is 13.0 Å². The number of pyridine rings is 1. The van der Waals surface area contributed by atoms with Gasteiger partial charge in [-0.2, -0.15) is 10.5 Å². The second kappa shape index (κ2) is 7.77. The van der Waals surface area contributed by atoms with E-state index >= 15 is 0 Å². The van der Waals surface area contributed by atoms with Crippen molar-refractivity contribution in [3.63, 3.8) is 0 Å². The van der Waals surface area contributed by atoms with Crippen LogP contribution in [0.1, 0.15) is 35.2 Å². The van der Waals surface area contributed by atoms with Gasteiger partial charge in [-0.25, -0.2) is 9.37 Å². The molecule has 1 unspecified atom stereocenters. The number of hydrogen-bond acceptors (Lipinski definition) is 5. The number of phenols is 1. The maximum Gasteiger partial charge on any atom is 0.142 e. The third-order valence-electron chi connectivity index (χ3n) is 4.60. The first-order valence-electron chi connectivity index (χ1n) is 8.62. The minimum atomic E-state index is -0.319. The first-order chi connectivity index (χ1) is 13.4. The molecule has 138 valence electrons. The molecule has 3 N–H and O–H groups in total. The van der Waals surface area contributed by atoms with Crippen LogP contribution in [-0.4, -0.2) is 10.1 Å². The first-order valence-corrected chi connectivity index (χ1v) is 8.62. The minimum Gasteiger partial charge on any atom is -0.508 e. The molecule has 0 radical (unpaired) electrons. The van der Waals surface area contributed by atoms with Gasteiger partial charge >= 0.3 is 0 Å². The molecule has 28 heavy (non-hydrogen) atoms. The standard InChI is InChI=1S/C22H17FN4O/c1-13(14-5-7-16(23)8-6-14)9-20-18(11-24)21(19(12-25)22(26)27-20)15-3-2-4-17(28)10-15/h2-8,10,13,28H,9H2,1H3,(H2,26,27). The van der Waals surface area contributed by atoms with Crippen molar-refractivity contribution in [1.82, 2.24) is 4.98 Å². The zero-order valence-corrected chi connectivity index (χ0v) is 15.1. The second-order valence-corrected chi connectivity index (χ2v) is 6.50. The Bertz CT molecular complexity index is 1110. The van der Waals surface area contributed by atoms with Crippen LogP contribution >= 0.6 is 0 Å². The number of phenolic OH excluding ortho intramolecular Hbond substituents is 1. The number of nitrogens with two attached hydrogens (primary N) is 1. The van der Waals surface area contributed by atoms with Gasteiger partial charge in [0.05, 0.1) is 11.3 Å². The van der Waals surface area contributed by atoms with Crippen molar-refractivity contribution < 1.29 is 9.50 Å². The number of anilines is 1. The van der Waals surface area contributed by atoms with Crippen LogP contribution in [0.3, 0.4) is 0 Å². The molecular weight excluding hydrogens is 355 g/mol. The lowest BCUT2D eigenvalue weighted by molar-refractivity contribution is 0.475. The highest BCUT2D eigenvalue weighted by Crippen LogP contribution is 2.35. The molecule has 6 heteroatoms. The average molecular weight is 372 g/mol. The molecule has 1 heterocycles. The fourth-order valence-corrected chi connectivity index (χ4v) is 3.19. The summed E-state index contributed by atoms with van der Waals surface area (Å²) in [6.07, 6.45) is 0.385.